The molecule has 1 aromatic rings. The van der Waals surface area contributed by atoms with Gasteiger partial charge in [0.1, 0.15) is 11.6 Å². The molecule has 1 rings (SSSR count). The molecule has 0 saturated heterocycles. The van der Waals surface area contributed by atoms with E-state index in [-0.39, 0.29) is 24.7 Å². The van der Waals surface area contributed by atoms with E-state index in [0.29, 0.717) is 10.2 Å². The van der Waals surface area contributed by atoms with Gasteiger partial charge in [0.25, 0.3) is 5.91 Å². The lowest BCUT2D eigenvalue weighted by Crippen LogP contribution is -2.43. The van der Waals surface area contributed by atoms with Crippen LogP contribution in [-0.2, 0) is 14.3 Å². The molecular formula is C14H17BrFNO4. The van der Waals surface area contributed by atoms with Gasteiger partial charge in [-0.1, -0.05) is 0 Å². The van der Waals surface area contributed by atoms with Crippen LogP contribution in [0.5, 0.6) is 5.75 Å². The number of nitrogens with one attached hydrogen (secondary N) is 1. The monoisotopic (exact) mass is 361 g/mol. The number of amides is 1. The first-order valence-corrected chi connectivity index (χ1v) is 7.01. The van der Waals surface area contributed by atoms with Crippen LogP contribution in [0.1, 0.15) is 20.8 Å². The fourth-order valence-electron chi connectivity index (χ4n) is 1.37. The minimum Gasteiger partial charge on any atom is -0.481 e. The van der Waals surface area contributed by atoms with Crippen LogP contribution in [0.4, 0.5) is 4.39 Å². The Morgan fingerprint density at radius 3 is 2.52 bits per heavy atom. The maximum atomic E-state index is 12.9. The van der Waals surface area contributed by atoms with Crippen molar-refractivity contribution in [3.8, 4) is 5.75 Å². The Bertz CT molecular complexity index is 528. The normalized spacial score (nSPS) is 10.9. The molecule has 0 unspecified atom stereocenters. The van der Waals surface area contributed by atoms with Crippen LogP contribution in [0.25, 0.3) is 0 Å². The standard InChI is InChI=1S/C14H17BrFNO4/c1-14(2,3)17-12(18)7-21-13(19)8-20-11-5-4-9(16)6-10(11)15/h4-6H,7-8H2,1-3H3,(H,17,18). The summed E-state index contributed by atoms with van der Waals surface area (Å²) >= 11 is 3.11. The summed E-state index contributed by atoms with van der Waals surface area (Å²) in [5.74, 6) is -1.18. The summed E-state index contributed by atoms with van der Waals surface area (Å²) in [6, 6.07) is 3.82. The first-order valence-electron chi connectivity index (χ1n) is 6.22. The van der Waals surface area contributed by atoms with Gasteiger partial charge in [-0.3, -0.25) is 4.79 Å². The summed E-state index contributed by atoms with van der Waals surface area (Å²) in [7, 11) is 0. The van der Waals surface area contributed by atoms with Crippen molar-refractivity contribution in [2.24, 2.45) is 0 Å². The number of carbonyl (C=O) groups is 2. The van der Waals surface area contributed by atoms with Crippen molar-refractivity contribution in [1.82, 2.24) is 5.32 Å². The number of benzene rings is 1. The van der Waals surface area contributed by atoms with Crippen LogP contribution in [0.15, 0.2) is 22.7 Å². The first-order chi connectivity index (χ1) is 9.67. The number of ether oxygens (including phenoxy) is 2. The molecule has 0 aliphatic rings. The van der Waals surface area contributed by atoms with Crippen molar-refractivity contribution >= 4 is 27.8 Å². The van der Waals surface area contributed by atoms with E-state index in [0.717, 1.165) is 0 Å². The molecule has 0 aromatic heterocycles. The van der Waals surface area contributed by atoms with E-state index in [2.05, 4.69) is 21.2 Å². The molecule has 0 radical (unpaired) electrons. The zero-order valence-electron chi connectivity index (χ0n) is 12.0. The van der Waals surface area contributed by atoms with Crippen LogP contribution in [-0.4, -0.2) is 30.6 Å². The summed E-state index contributed by atoms with van der Waals surface area (Å²) in [6.45, 7) is 4.72. The van der Waals surface area contributed by atoms with Crippen LogP contribution in [0.3, 0.4) is 0 Å². The van der Waals surface area contributed by atoms with Gasteiger partial charge in [0.15, 0.2) is 13.2 Å². The van der Waals surface area contributed by atoms with Gasteiger partial charge in [0, 0.05) is 5.54 Å². The molecule has 0 aliphatic heterocycles. The molecule has 0 aliphatic carbocycles. The Morgan fingerprint density at radius 1 is 1.29 bits per heavy atom. The highest BCUT2D eigenvalue weighted by molar-refractivity contribution is 9.10. The van der Waals surface area contributed by atoms with E-state index in [9.17, 15) is 14.0 Å². The maximum absolute atomic E-state index is 12.9. The van der Waals surface area contributed by atoms with Crippen molar-refractivity contribution in [2.45, 2.75) is 26.3 Å². The number of halogens is 2. The molecule has 0 bridgehead atoms. The topological polar surface area (TPSA) is 64.6 Å². The molecule has 21 heavy (non-hydrogen) atoms. The third-order valence-corrected chi connectivity index (χ3v) is 2.74. The predicted octanol–water partition coefficient (Wildman–Crippen LogP) is 2.42. The fourth-order valence-corrected chi connectivity index (χ4v) is 1.84. The molecule has 0 fully saturated rings. The molecule has 5 nitrogen and oxygen atoms in total. The van der Waals surface area contributed by atoms with E-state index in [1.54, 1.807) is 0 Å². The molecule has 0 saturated carbocycles. The van der Waals surface area contributed by atoms with Crippen LogP contribution < -0.4 is 10.1 Å². The summed E-state index contributed by atoms with van der Waals surface area (Å²) in [5.41, 5.74) is -0.390. The number of hydrogen-bond acceptors (Lipinski definition) is 4. The third kappa shape index (κ3) is 7.08. The fraction of sp³-hybridized carbons (Fsp3) is 0.429. The van der Waals surface area contributed by atoms with Crippen LogP contribution >= 0.6 is 15.9 Å². The highest BCUT2D eigenvalue weighted by atomic mass is 79.9. The second-order valence-corrected chi connectivity index (χ2v) is 6.18. The van der Waals surface area contributed by atoms with Gasteiger partial charge in [-0.15, -0.1) is 0 Å². The Morgan fingerprint density at radius 2 is 1.95 bits per heavy atom. The summed E-state index contributed by atoms with van der Waals surface area (Å²) in [5, 5.41) is 2.66. The van der Waals surface area contributed by atoms with Gasteiger partial charge < -0.3 is 14.8 Å². The Labute approximate surface area is 130 Å². The average molecular weight is 362 g/mol. The quantitative estimate of drug-likeness (QED) is 0.818. The summed E-state index contributed by atoms with van der Waals surface area (Å²) in [4.78, 5) is 22.9. The lowest BCUT2D eigenvalue weighted by molar-refractivity contribution is -0.150. The number of hydrogen-bond donors (Lipinski definition) is 1. The van der Waals surface area contributed by atoms with Gasteiger partial charge in [-0.05, 0) is 54.9 Å². The molecule has 7 heteroatoms. The Balaban J connectivity index is 2.36. The zero-order valence-corrected chi connectivity index (χ0v) is 13.6. The predicted molar refractivity (Wildman–Crippen MR) is 78.4 cm³/mol. The van der Waals surface area contributed by atoms with E-state index in [1.165, 1.54) is 18.2 Å². The molecular weight excluding hydrogens is 345 g/mol. The lowest BCUT2D eigenvalue weighted by atomic mass is 10.1. The van der Waals surface area contributed by atoms with Crippen molar-refractivity contribution in [3.63, 3.8) is 0 Å². The molecule has 116 valence electrons. The molecule has 0 spiro atoms. The smallest absolute Gasteiger partial charge is 0.344 e. The van der Waals surface area contributed by atoms with Gasteiger partial charge in [-0.25, -0.2) is 9.18 Å². The van der Waals surface area contributed by atoms with E-state index < -0.39 is 11.8 Å². The molecule has 1 N–H and O–H groups in total. The van der Waals surface area contributed by atoms with E-state index >= 15 is 0 Å². The first kappa shape index (κ1) is 17.4. The second kappa shape index (κ2) is 7.40. The van der Waals surface area contributed by atoms with Gasteiger partial charge in [0.2, 0.25) is 0 Å². The Kier molecular flexibility index (Phi) is 6.14. The second-order valence-electron chi connectivity index (χ2n) is 5.32. The van der Waals surface area contributed by atoms with Crippen molar-refractivity contribution in [3.05, 3.63) is 28.5 Å². The lowest BCUT2D eigenvalue weighted by Gasteiger charge is -2.20. The number of carbonyl (C=O) groups excluding carboxylic acids is 2. The highest BCUT2D eigenvalue weighted by Gasteiger charge is 2.15. The van der Waals surface area contributed by atoms with Crippen molar-refractivity contribution in [1.29, 1.82) is 0 Å². The molecule has 0 heterocycles. The summed E-state index contributed by atoms with van der Waals surface area (Å²) in [6.07, 6.45) is 0. The van der Waals surface area contributed by atoms with Crippen molar-refractivity contribution < 1.29 is 23.5 Å². The minimum absolute atomic E-state index is 0.312. The third-order valence-electron chi connectivity index (χ3n) is 2.12. The number of esters is 1. The number of rotatable bonds is 5. The largest absolute Gasteiger partial charge is 0.481 e. The Hall–Kier alpha value is -1.63. The molecule has 0 atom stereocenters. The van der Waals surface area contributed by atoms with E-state index in [1.807, 2.05) is 20.8 Å². The zero-order chi connectivity index (χ0) is 16.0. The van der Waals surface area contributed by atoms with Crippen molar-refractivity contribution in [2.75, 3.05) is 13.2 Å². The van der Waals surface area contributed by atoms with Gasteiger partial charge in [-0.2, -0.15) is 0 Å². The molecule has 1 amide bonds. The van der Waals surface area contributed by atoms with E-state index in [4.69, 9.17) is 9.47 Å². The minimum atomic E-state index is -0.685. The average Bonchev–Trinajstić information content (AvgIpc) is 2.33. The van der Waals surface area contributed by atoms with Crippen LogP contribution in [0.2, 0.25) is 0 Å². The highest BCUT2D eigenvalue weighted by Crippen LogP contribution is 2.25. The van der Waals surface area contributed by atoms with Gasteiger partial charge >= 0.3 is 5.97 Å². The summed E-state index contributed by atoms with van der Waals surface area (Å²) < 4.78 is 23.2. The van der Waals surface area contributed by atoms with Crippen LogP contribution in [0, 0.1) is 5.82 Å². The maximum Gasteiger partial charge on any atom is 0.344 e. The molecule has 1 aromatic carbocycles. The SMILES string of the molecule is CC(C)(C)NC(=O)COC(=O)COc1ccc(F)cc1Br. The van der Waals surface area contributed by atoms with Gasteiger partial charge in [0.05, 0.1) is 4.47 Å².